The van der Waals surface area contributed by atoms with E-state index in [1.165, 1.54) is 25.3 Å². The number of ether oxygens (including phenoxy) is 1. The molecule has 34 heavy (non-hydrogen) atoms. The van der Waals surface area contributed by atoms with Crippen LogP contribution in [0.4, 0.5) is 4.39 Å². The first-order valence-electron chi connectivity index (χ1n) is 12.1. The highest BCUT2D eigenvalue weighted by molar-refractivity contribution is 5.93. The lowest BCUT2D eigenvalue weighted by Crippen LogP contribution is -2.35. The zero-order chi connectivity index (χ0) is 23.3. The van der Waals surface area contributed by atoms with Crippen LogP contribution in [0.1, 0.15) is 36.8 Å². The van der Waals surface area contributed by atoms with Gasteiger partial charge in [0, 0.05) is 6.04 Å². The molecule has 174 valence electrons. The van der Waals surface area contributed by atoms with Crippen LogP contribution in [0.2, 0.25) is 0 Å². The predicted molar refractivity (Wildman–Crippen MR) is 136 cm³/mol. The first kappa shape index (κ1) is 22.4. The summed E-state index contributed by atoms with van der Waals surface area (Å²) < 4.78 is 20.0. The van der Waals surface area contributed by atoms with Crippen LogP contribution in [-0.4, -0.2) is 24.3 Å². The Hall–Kier alpha value is -3.37. The van der Waals surface area contributed by atoms with E-state index < -0.39 is 0 Å². The van der Waals surface area contributed by atoms with Crippen molar-refractivity contribution in [3.63, 3.8) is 0 Å². The molecule has 0 spiro atoms. The first-order valence-corrected chi connectivity index (χ1v) is 12.1. The lowest BCUT2D eigenvalue weighted by Gasteiger charge is -2.23. The van der Waals surface area contributed by atoms with Crippen LogP contribution in [0.25, 0.3) is 21.9 Å². The minimum absolute atomic E-state index is 0.238. The second-order valence-corrected chi connectivity index (χ2v) is 9.11. The summed E-state index contributed by atoms with van der Waals surface area (Å²) in [4.78, 5) is 0. The van der Waals surface area contributed by atoms with Crippen molar-refractivity contribution in [3.05, 3.63) is 95.8 Å². The number of hydrogen-bond acceptors (Lipinski definition) is 3. The lowest BCUT2D eigenvalue weighted by molar-refractivity contribution is 0.268. The van der Waals surface area contributed by atoms with Crippen LogP contribution in [0.15, 0.2) is 78.9 Å². The summed E-state index contributed by atoms with van der Waals surface area (Å²) in [6, 6.07) is 25.0. The van der Waals surface area contributed by atoms with Crippen LogP contribution >= 0.6 is 0 Å². The fraction of sp³-hybridized carbons (Fsp3) is 0.267. The lowest BCUT2D eigenvalue weighted by atomic mass is 9.90. The number of aromatic hydroxyl groups is 1. The van der Waals surface area contributed by atoms with Gasteiger partial charge in [-0.15, -0.1) is 0 Å². The second kappa shape index (κ2) is 10.3. The number of phenolic OH excluding ortho intramolecular Hbond substituents is 1. The molecule has 4 aromatic carbocycles. The van der Waals surface area contributed by atoms with Gasteiger partial charge in [0.05, 0.1) is 6.61 Å². The minimum atomic E-state index is -0.251. The quantitative estimate of drug-likeness (QED) is 0.320. The van der Waals surface area contributed by atoms with Crippen molar-refractivity contribution in [2.24, 2.45) is 0 Å². The Morgan fingerprint density at radius 2 is 1.82 bits per heavy atom. The van der Waals surface area contributed by atoms with Crippen molar-refractivity contribution in [1.82, 2.24) is 5.32 Å². The monoisotopic (exact) mass is 455 g/mol. The molecule has 2 N–H and O–H groups in total. The Bertz CT molecular complexity index is 1260. The average molecular weight is 456 g/mol. The highest BCUT2D eigenvalue weighted by Crippen LogP contribution is 2.34. The van der Waals surface area contributed by atoms with E-state index >= 15 is 0 Å². The van der Waals surface area contributed by atoms with Crippen molar-refractivity contribution in [3.8, 4) is 22.6 Å². The molecule has 1 fully saturated rings. The van der Waals surface area contributed by atoms with Gasteiger partial charge in [0.25, 0.3) is 0 Å². The Labute approximate surface area is 200 Å². The van der Waals surface area contributed by atoms with E-state index in [0.717, 1.165) is 51.7 Å². The van der Waals surface area contributed by atoms with Crippen molar-refractivity contribution in [1.29, 1.82) is 0 Å². The Balaban J connectivity index is 1.37. The summed E-state index contributed by atoms with van der Waals surface area (Å²) in [5.74, 6) is 0.869. The van der Waals surface area contributed by atoms with Gasteiger partial charge in [0.2, 0.25) is 0 Å². The minimum Gasteiger partial charge on any atom is -0.508 e. The second-order valence-electron chi connectivity index (χ2n) is 9.11. The molecule has 1 atom stereocenters. The molecule has 4 aromatic rings. The summed E-state index contributed by atoms with van der Waals surface area (Å²) in [5, 5.41) is 15.5. The Morgan fingerprint density at radius 1 is 0.941 bits per heavy atom. The molecule has 1 saturated heterocycles. The number of phenols is 1. The van der Waals surface area contributed by atoms with E-state index in [2.05, 4.69) is 17.4 Å². The summed E-state index contributed by atoms with van der Waals surface area (Å²) in [6.07, 6.45) is 5.54. The SMILES string of the molecule is Oc1ccc2c(Cc3ccc(OCCC4CCCCN4)cc3)c(-c3cccc(F)c3)ccc2c1. The maximum atomic E-state index is 14.0. The molecule has 5 rings (SSSR count). The van der Waals surface area contributed by atoms with Gasteiger partial charge in [-0.2, -0.15) is 0 Å². The summed E-state index contributed by atoms with van der Waals surface area (Å²) in [5.41, 5.74) is 4.11. The van der Waals surface area contributed by atoms with Gasteiger partial charge in [-0.25, -0.2) is 4.39 Å². The average Bonchev–Trinajstić information content (AvgIpc) is 2.86. The van der Waals surface area contributed by atoms with Gasteiger partial charge in [-0.05, 0) is 102 Å². The van der Waals surface area contributed by atoms with E-state index in [9.17, 15) is 9.50 Å². The summed E-state index contributed by atoms with van der Waals surface area (Å²) >= 11 is 0. The highest BCUT2D eigenvalue weighted by atomic mass is 19.1. The predicted octanol–water partition coefficient (Wildman–Crippen LogP) is 6.85. The molecule has 1 aliphatic rings. The summed E-state index contributed by atoms with van der Waals surface area (Å²) in [7, 11) is 0. The normalized spacial score (nSPS) is 16.0. The van der Waals surface area contributed by atoms with Crippen LogP contribution in [-0.2, 0) is 6.42 Å². The van der Waals surface area contributed by atoms with Gasteiger partial charge >= 0.3 is 0 Å². The number of piperidine rings is 1. The summed E-state index contributed by atoms with van der Waals surface area (Å²) in [6.45, 7) is 1.83. The van der Waals surface area contributed by atoms with Crippen molar-refractivity contribution in [2.45, 2.75) is 38.1 Å². The van der Waals surface area contributed by atoms with Crippen molar-refractivity contribution >= 4 is 10.8 Å². The molecule has 0 bridgehead atoms. The van der Waals surface area contributed by atoms with Gasteiger partial charge in [-0.1, -0.05) is 48.9 Å². The molecule has 3 nitrogen and oxygen atoms in total. The molecular weight excluding hydrogens is 425 g/mol. The maximum Gasteiger partial charge on any atom is 0.123 e. The molecule has 0 saturated carbocycles. The van der Waals surface area contributed by atoms with Crippen LogP contribution < -0.4 is 10.1 Å². The van der Waals surface area contributed by atoms with E-state index in [4.69, 9.17) is 4.74 Å². The number of nitrogens with one attached hydrogen (secondary N) is 1. The molecule has 0 aromatic heterocycles. The zero-order valence-corrected chi connectivity index (χ0v) is 19.3. The van der Waals surface area contributed by atoms with Gasteiger partial charge < -0.3 is 15.2 Å². The number of fused-ring (bicyclic) bond motifs is 1. The number of benzene rings is 4. The van der Waals surface area contributed by atoms with Gasteiger partial charge in [0.1, 0.15) is 17.3 Å². The smallest absolute Gasteiger partial charge is 0.123 e. The first-order chi connectivity index (χ1) is 16.7. The van der Waals surface area contributed by atoms with E-state index in [0.29, 0.717) is 19.1 Å². The van der Waals surface area contributed by atoms with E-state index in [1.807, 2.05) is 36.4 Å². The molecule has 0 aliphatic carbocycles. The van der Waals surface area contributed by atoms with Crippen LogP contribution in [0.3, 0.4) is 0 Å². The van der Waals surface area contributed by atoms with Gasteiger partial charge in [0.15, 0.2) is 0 Å². The van der Waals surface area contributed by atoms with Crippen LogP contribution in [0, 0.1) is 5.82 Å². The molecule has 1 unspecified atom stereocenters. The highest BCUT2D eigenvalue weighted by Gasteiger charge is 2.13. The zero-order valence-electron chi connectivity index (χ0n) is 19.3. The largest absolute Gasteiger partial charge is 0.508 e. The number of rotatable bonds is 7. The number of hydrogen-bond donors (Lipinski definition) is 2. The Kier molecular flexibility index (Phi) is 6.77. The molecule has 0 radical (unpaired) electrons. The third-order valence-electron chi connectivity index (χ3n) is 6.70. The molecule has 4 heteroatoms. The fourth-order valence-corrected chi connectivity index (χ4v) is 4.90. The molecular formula is C30H30FNO2. The third-order valence-corrected chi connectivity index (χ3v) is 6.70. The maximum absolute atomic E-state index is 14.0. The van der Waals surface area contributed by atoms with Gasteiger partial charge in [-0.3, -0.25) is 0 Å². The van der Waals surface area contributed by atoms with Crippen molar-refractivity contribution < 1.29 is 14.2 Å². The molecule has 1 aliphatic heterocycles. The van der Waals surface area contributed by atoms with Crippen LogP contribution in [0.5, 0.6) is 11.5 Å². The molecule has 0 amide bonds. The van der Waals surface area contributed by atoms with E-state index in [1.54, 1.807) is 24.3 Å². The standard InChI is InChI=1S/C30H30FNO2/c31-24-5-3-4-22(19-24)28-13-9-23-20-26(33)10-14-29(23)30(28)18-21-7-11-27(12-8-21)34-17-15-25-6-1-2-16-32-25/h3-5,7-14,19-20,25,32-33H,1-2,6,15-18H2. The third kappa shape index (κ3) is 5.23. The fourth-order valence-electron chi connectivity index (χ4n) is 4.90. The topological polar surface area (TPSA) is 41.5 Å². The number of halogens is 1. The Morgan fingerprint density at radius 3 is 2.62 bits per heavy atom. The van der Waals surface area contributed by atoms with E-state index in [-0.39, 0.29) is 11.6 Å². The van der Waals surface area contributed by atoms with Crippen molar-refractivity contribution in [2.75, 3.05) is 13.2 Å². The molecule has 1 heterocycles.